The number of fused-ring (bicyclic) bond motifs is 3. The Morgan fingerprint density at radius 3 is 2.42 bits per heavy atom. The van der Waals surface area contributed by atoms with Crippen molar-refractivity contribution < 1.29 is 0 Å². The van der Waals surface area contributed by atoms with E-state index in [0.29, 0.717) is 12.1 Å². The largest absolute Gasteiger partial charge is 0.309 e. The van der Waals surface area contributed by atoms with Crippen LogP contribution in [-0.4, -0.2) is 55.1 Å². The normalized spacial score (nSPS) is 31.4. The van der Waals surface area contributed by atoms with E-state index in [4.69, 9.17) is 11.6 Å². The van der Waals surface area contributed by atoms with E-state index in [0.717, 1.165) is 11.6 Å². The van der Waals surface area contributed by atoms with Crippen molar-refractivity contribution >= 4 is 11.6 Å². The second kappa shape index (κ2) is 5.80. The van der Waals surface area contributed by atoms with Gasteiger partial charge in [0.1, 0.15) is 0 Å². The molecule has 4 rings (SSSR count). The van der Waals surface area contributed by atoms with Gasteiger partial charge in [0.15, 0.2) is 0 Å². The van der Waals surface area contributed by atoms with Crippen molar-refractivity contribution in [3.05, 3.63) is 34.9 Å². The molecule has 2 unspecified atom stereocenters. The molecule has 104 valence electrons. The summed E-state index contributed by atoms with van der Waals surface area (Å²) in [5.74, 6) is 0. The highest BCUT2D eigenvalue weighted by molar-refractivity contribution is 6.30. The summed E-state index contributed by atoms with van der Waals surface area (Å²) >= 11 is 6.00. The second-order valence-electron chi connectivity index (χ2n) is 5.49. The Morgan fingerprint density at radius 2 is 1.89 bits per heavy atom. The number of nitrogens with one attached hydrogen (secondary N) is 1. The van der Waals surface area contributed by atoms with Gasteiger partial charge in [-0.1, -0.05) is 30.7 Å². The minimum atomic E-state index is 0.408. The molecule has 3 aliphatic rings. The number of likely N-dealkylation sites (N-methyl/N-ethyl adjacent to an activating group) is 1. The Morgan fingerprint density at radius 1 is 1.21 bits per heavy atom. The topological polar surface area (TPSA) is 18.5 Å². The second-order valence-corrected chi connectivity index (χ2v) is 5.93. The smallest absolute Gasteiger partial charge is 0.0490 e. The van der Waals surface area contributed by atoms with Gasteiger partial charge in [-0.15, -0.1) is 0 Å². The van der Waals surface area contributed by atoms with Crippen LogP contribution in [0.25, 0.3) is 0 Å². The van der Waals surface area contributed by atoms with Crippen LogP contribution in [0.2, 0.25) is 5.02 Å². The van der Waals surface area contributed by atoms with Gasteiger partial charge in [-0.3, -0.25) is 9.80 Å². The molecule has 3 aliphatic heterocycles. The third-order valence-electron chi connectivity index (χ3n) is 4.36. The van der Waals surface area contributed by atoms with Gasteiger partial charge in [0.2, 0.25) is 0 Å². The van der Waals surface area contributed by atoms with E-state index in [1.165, 1.54) is 38.3 Å². The Balaban J connectivity index is 1.82. The van der Waals surface area contributed by atoms with Crippen LogP contribution in [0.5, 0.6) is 0 Å². The number of rotatable bonds is 4. The van der Waals surface area contributed by atoms with E-state index in [2.05, 4.69) is 34.2 Å². The van der Waals surface area contributed by atoms with Crippen LogP contribution in [0.15, 0.2) is 24.3 Å². The zero-order valence-corrected chi connectivity index (χ0v) is 12.2. The van der Waals surface area contributed by atoms with E-state index in [1.54, 1.807) is 0 Å². The Kier molecular flexibility index (Phi) is 4.08. The van der Waals surface area contributed by atoms with E-state index in [-0.39, 0.29) is 0 Å². The number of nitrogens with zero attached hydrogens (tertiary/aromatic N) is 2. The van der Waals surface area contributed by atoms with Crippen molar-refractivity contribution in [1.29, 1.82) is 0 Å². The summed E-state index contributed by atoms with van der Waals surface area (Å²) in [5.41, 5.74) is 1.35. The summed E-state index contributed by atoms with van der Waals surface area (Å²) in [4.78, 5) is 5.23. The summed E-state index contributed by atoms with van der Waals surface area (Å²) in [7, 11) is 0. The number of hydrogen-bond acceptors (Lipinski definition) is 3. The van der Waals surface area contributed by atoms with Gasteiger partial charge >= 0.3 is 0 Å². The summed E-state index contributed by atoms with van der Waals surface area (Å²) in [6.07, 6.45) is 0. The first-order chi connectivity index (χ1) is 9.28. The Hall–Kier alpha value is -0.610. The highest BCUT2D eigenvalue weighted by Crippen LogP contribution is 2.28. The minimum Gasteiger partial charge on any atom is -0.309 e. The van der Waals surface area contributed by atoms with Crippen LogP contribution in [0, 0.1) is 0 Å². The molecule has 0 amide bonds. The standard InChI is InChI=1S/C15H22ClN3/c1-2-17-15(12-3-5-13(16)6-4-12)14-11-18-7-9-19(14)10-8-18/h3-6,14-15,17H,2,7-11H2,1H3. The molecule has 3 fully saturated rings. The molecule has 19 heavy (non-hydrogen) atoms. The molecular weight excluding hydrogens is 258 g/mol. The minimum absolute atomic E-state index is 0.408. The maximum Gasteiger partial charge on any atom is 0.0490 e. The van der Waals surface area contributed by atoms with E-state index in [1.807, 2.05) is 12.1 Å². The lowest BCUT2D eigenvalue weighted by Gasteiger charge is -2.50. The molecule has 0 radical (unpaired) electrons. The summed E-state index contributed by atoms with van der Waals surface area (Å²) in [6.45, 7) is 9.24. The lowest BCUT2D eigenvalue weighted by molar-refractivity contribution is -0.00343. The number of benzene rings is 1. The van der Waals surface area contributed by atoms with Crippen LogP contribution in [-0.2, 0) is 0 Å². The molecule has 1 aromatic carbocycles. The fourth-order valence-electron chi connectivity index (χ4n) is 3.34. The molecule has 3 saturated heterocycles. The zero-order valence-electron chi connectivity index (χ0n) is 11.5. The first-order valence-corrected chi connectivity index (χ1v) is 7.61. The van der Waals surface area contributed by atoms with Crippen LogP contribution in [0.4, 0.5) is 0 Å². The summed E-state index contributed by atoms with van der Waals surface area (Å²) in [5, 5.41) is 4.47. The molecule has 0 aliphatic carbocycles. The van der Waals surface area contributed by atoms with Crippen molar-refractivity contribution in [1.82, 2.24) is 15.1 Å². The van der Waals surface area contributed by atoms with Crippen LogP contribution >= 0.6 is 11.6 Å². The van der Waals surface area contributed by atoms with Crippen molar-refractivity contribution in [3.63, 3.8) is 0 Å². The maximum atomic E-state index is 6.00. The highest BCUT2D eigenvalue weighted by Gasteiger charge is 2.36. The van der Waals surface area contributed by atoms with Gasteiger partial charge in [0, 0.05) is 49.8 Å². The third-order valence-corrected chi connectivity index (χ3v) is 4.61. The average molecular weight is 280 g/mol. The van der Waals surface area contributed by atoms with Gasteiger partial charge < -0.3 is 5.32 Å². The Labute approximate surface area is 120 Å². The molecular formula is C15H22ClN3. The van der Waals surface area contributed by atoms with Crippen molar-refractivity contribution in [3.8, 4) is 0 Å². The molecule has 4 heteroatoms. The summed E-state index contributed by atoms with van der Waals surface area (Å²) < 4.78 is 0. The summed E-state index contributed by atoms with van der Waals surface area (Å²) in [6, 6.07) is 9.31. The molecule has 2 bridgehead atoms. The lowest BCUT2D eigenvalue weighted by Crippen LogP contribution is -2.63. The monoisotopic (exact) mass is 279 g/mol. The average Bonchev–Trinajstić information content (AvgIpc) is 2.47. The number of halogens is 1. The van der Waals surface area contributed by atoms with Gasteiger partial charge in [-0.05, 0) is 24.2 Å². The van der Waals surface area contributed by atoms with Crippen molar-refractivity contribution in [2.24, 2.45) is 0 Å². The van der Waals surface area contributed by atoms with Crippen LogP contribution in [0.3, 0.4) is 0 Å². The molecule has 0 spiro atoms. The quantitative estimate of drug-likeness (QED) is 0.909. The van der Waals surface area contributed by atoms with Gasteiger partial charge in [-0.25, -0.2) is 0 Å². The molecule has 3 nitrogen and oxygen atoms in total. The van der Waals surface area contributed by atoms with Crippen molar-refractivity contribution in [2.75, 3.05) is 39.3 Å². The predicted octanol–water partition coefficient (Wildman–Crippen LogP) is 1.99. The van der Waals surface area contributed by atoms with Gasteiger partial charge in [0.25, 0.3) is 0 Å². The van der Waals surface area contributed by atoms with Gasteiger partial charge in [-0.2, -0.15) is 0 Å². The van der Waals surface area contributed by atoms with E-state index < -0.39 is 0 Å². The Bertz CT molecular complexity index is 412. The molecule has 3 heterocycles. The zero-order chi connectivity index (χ0) is 13.2. The number of piperazine rings is 3. The van der Waals surface area contributed by atoms with E-state index in [9.17, 15) is 0 Å². The number of hydrogen-bond donors (Lipinski definition) is 1. The fraction of sp³-hybridized carbons (Fsp3) is 0.600. The first kappa shape index (κ1) is 13.4. The van der Waals surface area contributed by atoms with Crippen molar-refractivity contribution in [2.45, 2.75) is 19.0 Å². The molecule has 0 saturated carbocycles. The molecule has 0 aromatic heterocycles. The SMILES string of the molecule is CCNC(c1ccc(Cl)cc1)C1CN2CCN1CC2. The van der Waals surface area contributed by atoms with Crippen LogP contribution < -0.4 is 5.32 Å². The molecule has 1 N–H and O–H groups in total. The van der Waals surface area contributed by atoms with E-state index >= 15 is 0 Å². The maximum absolute atomic E-state index is 6.00. The fourth-order valence-corrected chi connectivity index (χ4v) is 3.47. The van der Waals surface area contributed by atoms with Gasteiger partial charge in [0.05, 0.1) is 0 Å². The third kappa shape index (κ3) is 2.79. The van der Waals surface area contributed by atoms with Crippen LogP contribution in [0.1, 0.15) is 18.5 Å². The predicted molar refractivity (Wildman–Crippen MR) is 79.7 cm³/mol. The molecule has 1 aromatic rings. The highest BCUT2D eigenvalue weighted by atomic mass is 35.5. The lowest BCUT2D eigenvalue weighted by atomic mass is 9.94. The molecule has 2 atom stereocenters. The first-order valence-electron chi connectivity index (χ1n) is 7.23.